The fourth-order valence-electron chi connectivity index (χ4n) is 2.97. The number of hydrogen-bond donors (Lipinski definition) is 1. The Hall–Kier alpha value is -3.68. The molecule has 0 aliphatic heterocycles. The average Bonchev–Trinajstić information content (AvgIpc) is 2.74. The SMILES string of the molecule is COc1cc(-c2ccc(F)c(F)c2)cc2c(NCc3ccc(C)nn3)ncnc12. The second-order valence-electron chi connectivity index (χ2n) is 6.45. The van der Waals surface area contributed by atoms with Crippen molar-refractivity contribution in [2.45, 2.75) is 13.5 Å². The van der Waals surface area contributed by atoms with Gasteiger partial charge in [-0.25, -0.2) is 18.7 Å². The number of nitrogens with one attached hydrogen (secondary N) is 1. The van der Waals surface area contributed by atoms with Crippen molar-refractivity contribution in [2.24, 2.45) is 0 Å². The summed E-state index contributed by atoms with van der Waals surface area (Å²) in [6.45, 7) is 2.28. The van der Waals surface area contributed by atoms with Gasteiger partial charge in [-0.3, -0.25) is 0 Å². The van der Waals surface area contributed by atoms with E-state index in [1.807, 2.05) is 25.1 Å². The number of fused-ring (bicyclic) bond motifs is 1. The van der Waals surface area contributed by atoms with Crippen molar-refractivity contribution in [1.29, 1.82) is 0 Å². The Morgan fingerprint density at radius 3 is 2.52 bits per heavy atom. The van der Waals surface area contributed by atoms with Crippen molar-refractivity contribution >= 4 is 16.7 Å². The van der Waals surface area contributed by atoms with Crippen molar-refractivity contribution in [3.8, 4) is 16.9 Å². The highest BCUT2D eigenvalue weighted by Crippen LogP contribution is 2.34. The van der Waals surface area contributed by atoms with Crippen molar-refractivity contribution < 1.29 is 13.5 Å². The molecule has 29 heavy (non-hydrogen) atoms. The number of nitrogens with zero attached hydrogens (tertiary/aromatic N) is 4. The highest BCUT2D eigenvalue weighted by molar-refractivity contribution is 5.96. The van der Waals surface area contributed by atoms with Gasteiger partial charge in [-0.1, -0.05) is 6.07 Å². The van der Waals surface area contributed by atoms with E-state index in [0.717, 1.165) is 23.5 Å². The van der Waals surface area contributed by atoms with Gasteiger partial charge in [0.15, 0.2) is 11.6 Å². The van der Waals surface area contributed by atoms with Crippen LogP contribution in [0.5, 0.6) is 5.75 Å². The molecule has 0 aliphatic rings. The fraction of sp³-hybridized carbons (Fsp3) is 0.143. The molecule has 0 amide bonds. The maximum Gasteiger partial charge on any atom is 0.159 e. The molecular formula is C21H17F2N5O. The first-order valence-corrected chi connectivity index (χ1v) is 8.86. The Kier molecular flexibility index (Phi) is 4.99. The Morgan fingerprint density at radius 2 is 1.79 bits per heavy atom. The van der Waals surface area contributed by atoms with Crippen LogP contribution in [0.25, 0.3) is 22.0 Å². The molecule has 0 fully saturated rings. The molecule has 0 unspecified atom stereocenters. The number of ether oxygens (including phenoxy) is 1. The summed E-state index contributed by atoms with van der Waals surface area (Å²) in [5.41, 5.74) is 3.36. The summed E-state index contributed by atoms with van der Waals surface area (Å²) in [5, 5.41) is 12.1. The van der Waals surface area contributed by atoms with Crippen molar-refractivity contribution in [3.05, 3.63) is 71.8 Å². The summed E-state index contributed by atoms with van der Waals surface area (Å²) in [6, 6.07) is 11.1. The van der Waals surface area contributed by atoms with E-state index >= 15 is 0 Å². The quantitative estimate of drug-likeness (QED) is 0.545. The number of halogens is 2. The number of methoxy groups -OCH3 is 1. The molecule has 0 saturated carbocycles. The first-order chi connectivity index (χ1) is 14.0. The third-order valence-corrected chi connectivity index (χ3v) is 4.47. The van der Waals surface area contributed by atoms with Gasteiger partial charge in [0.25, 0.3) is 0 Å². The molecule has 0 aliphatic carbocycles. The minimum Gasteiger partial charge on any atom is -0.494 e. The van der Waals surface area contributed by atoms with E-state index in [0.29, 0.717) is 40.1 Å². The van der Waals surface area contributed by atoms with Crippen LogP contribution < -0.4 is 10.1 Å². The van der Waals surface area contributed by atoms with Crippen LogP contribution >= 0.6 is 0 Å². The highest BCUT2D eigenvalue weighted by atomic mass is 19.2. The third-order valence-electron chi connectivity index (χ3n) is 4.47. The topological polar surface area (TPSA) is 72.8 Å². The number of benzene rings is 2. The summed E-state index contributed by atoms with van der Waals surface area (Å²) < 4.78 is 32.5. The summed E-state index contributed by atoms with van der Waals surface area (Å²) in [6.07, 6.45) is 1.44. The van der Waals surface area contributed by atoms with Gasteiger partial charge in [0.1, 0.15) is 23.4 Å². The van der Waals surface area contributed by atoms with Crippen molar-refractivity contribution in [3.63, 3.8) is 0 Å². The predicted octanol–water partition coefficient (Wildman–Crippen LogP) is 4.29. The van der Waals surface area contributed by atoms with Crippen molar-refractivity contribution in [2.75, 3.05) is 12.4 Å². The third kappa shape index (κ3) is 3.82. The standard InChI is InChI=1S/C21H17F2N5O/c1-12-3-5-15(28-27-12)10-24-21-16-7-14(13-4-6-17(22)18(23)8-13)9-19(29-2)20(16)25-11-26-21/h3-9,11H,10H2,1-2H3,(H,24,25,26). The van der Waals surface area contributed by atoms with E-state index in [4.69, 9.17) is 4.74 Å². The first-order valence-electron chi connectivity index (χ1n) is 8.86. The number of aromatic nitrogens is 4. The van der Waals surface area contributed by atoms with E-state index in [1.165, 1.54) is 19.5 Å². The van der Waals surface area contributed by atoms with Crippen LogP contribution in [-0.4, -0.2) is 27.3 Å². The average molecular weight is 393 g/mol. The molecule has 2 aromatic heterocycles. The molecular weight excluding hydrogens is 376 g/mol. The predicted molar refractivity (Wildman–Crippen MR) is 106 cm³/mol. The fourth-order valence-corrected chi connectivity index (χ4v) is 2.97. The molecule has 0 bridgehead atoms. The maximum absolute atomic E-state index is 13.7. The van der Waals surface area contributed by atoms with E-state index in [2.05, 4.69) is 25.5 Å². The van der Waals surface area contributed by atoms with Crippen LogP contribution in [0.2, 0.25) is 0 Å². The molecule has 4 rings (SSSR count). The molecule has 0 spiro atoms. The minimum absolute atomic E-state index is 0.414. The zero-order valence-electron chi connectivity index (χ0n) is 15.8. The lowest BCUT2D eigenvalue weighted by molar-refractivity contribution is 0.419. The minimum atomic E-state index is -0.915. The zero-order valence-corrected chi connectivity index (χ0v) is 15.8. The molecule has 6 nitrogen and oxygen atoms in total. The molecule has 2 aromatic carbocycles. The Balaban J connectivity index is 1.76. The van der Waals surface area contributed by atoms with E-state index in [1.54, 1.807) is 6.07 Å². The lowest BCUT2D eigenvalue weighted by Crippen LogP contribution is -2.05. The molecule has 4 aromatic rings. The highest BCUT2D eigenvalue weighted by Gasteiger charge is 2.13. The van der Waals surface area contributed by atoms with Gasteiger partial charge >= 0.3 is 0 Å². The molecule has 2 heterocycles. The van der Waals surface area contributed by atoms with Gasteiger partial charge in [0.2, 0.25) is 0 Å². The van der Waals surface area contributed by atoms with Gasteiger partial charge in [-0.05, 0) is 54.4 Å². The van der Waals surface area contributed by atoms with Gasteiger partial charge in [-0.2, -0.15) is 10.2 Å². The monoisotopic (exact) mass is 393 g/mol. The number of hydrogen-bond acceptors (Lipinski definition) is 6. The number of anilines is 1. The van der Waals surface area contributed by atoms with Crippen LogP contribution in [0.4, 0.5) is 14.6 Å². The number of aryl methyl sites for hydroxylation is 1. The molecule has 0 radical (unpaired) electrons. The molecule has 8 heteroatoms. The summed E-state index contributed by atoms with van der Waals surface area (Å²) in [7, 11) is 1.53. The second kappa shape index (κ2) is 7.75. The summed E-state index contributed by atoms with van der Waals surface area (Å²) in [5.74, 6) is -0.739. The summed E-state index contributed by atoms with van der Waals surface area (Å²) >= 11 is 0. The first kappa shape index (κ1) is 18.7. The van der Waals surface area contributed by atoms with E-state index in [9.17, 15) is 8.78 Å². The second-order valence-corrected chi connectivity index (χ2v) is 6.45. The number of rotatable bonds is 5. The van der Waals surface area contributed by atoms with Gasteiger partial charge < -0.3 is 10.1 Å². The lowest BCUT2D eigenvalue weighted by atomic mass is 10.0. The Labute approximate surface area is 165 Å². The van der Waals surface area contributed by atoms with E-state index in [-0.39, 0.29) is 0 Å². The van der Waals surface area contributed by atoms with Crippen LogP contribution in [-0.2, 0) is 6.54 Å². The largest absolute Gasteiger partial charge is 0.494 e. The smallest absolute Gasteiger partial charge is 0.159 e. The van der Waals surface area contributed by atoms with Gasteiger partial charge in [0, 0.05) is 5.39 Å². The Bertz CT molecular complexity index is 1180. The molecule has 1 N–H and O–H groups in total. The normalized spacial score (nSPS) is 10.9. The van der Waals surface area contributed by atoms with Crippen LogP contribution in [0.1, 0.15) is 11.4 Å². The van der Waals surface area contributed by atoms with Crippen molar-refractivity contribution in [1.82, 2.24) is 20.2 Å². The van der Waals surface area contributed by atoms with Gasteiger partial charge in [0.05, 0.1) is 25.0 Å². The molecule has 146 valence electrons. The van der Waals surface area contributed by atoms with Crippen LogP contribution in [0.3, 0.4) is 0 Å². The van der Waals surface area contributed by atoms with Crippen LogP contribution in [0, 0.1) is 18.6 Å². The van der Waals surface area contributed by atoms with E-state index < -0.39 is 11.6 Å². The summed E-state index contributed by atoms with van der Waals surface area (Å²) in [4.78, 5) is 8.63. The lowest BCUT2D eigenvalue weighted by Gasteiger charge is -2.13. The van der Waals surface area contributed by atoms with Crippen LogP contribution in [0.15, 0.2) is 48.8 Å². The molecule has 0 atom stereocenters. The Morgan fingerprint density at radius 1 is 0.931 bits per heavy atom. The van der Waals surface area contributed by atoms with Gasteiger partial charge in [-0.15, -0.1) is 0 Å². The zero-order chi connectivity index (χ0) is 20.4. The maximum atomic E-state index is 13.7. The molecule has 0 saturated heterocycles.